The number of piperidine rings is 2. The molecule has 0 unspecified atom stereocenters. The van der Waals surface area contributed by atoms with E-state index in [1.54, 1.807) is 0 Å². The van der Waals surface area contributed by atoms with Crippen LogP contribution in [0, 0.1) is 5.92 Å². The molecule has 0 aromatic carbocycles. The highest BCUT2D eigenvalue weighted by Gasteiger charge is 2.28. The maximum absolute atomic E-state index is 3.48. The van der Waals surface area contributed by atoms with Gasteiger partial charge in [0, 0.05) is 12.6 Å². The highest BCUT2D eigenvalue weighted by atomic mass is 15.2. The average molecular weight is 140 g/mol. The molecule has 2 heterocycles. The standard InChI is InChI=1S/C8H16N2/c1-10-3-2-7-4-8(10)6-9-5-7/h7-9H,2-6H2,1H3/t7-,8+/m0/s1. The molecule has 2 aliphatic heterocycles. The number of likely N-dealkylation sites (N-methyl/N-ethyl adjacent to an activating group) is 1. The van der Waals surface area contributed by atoms with Crippen LogP contribution in [-0.2, 0) is 0 Å². The van der Waals surface area contributed by atoms with Crippen LogP contribution in [0.4, 0.5) is 0 Å². The van der Waals surface area contributed by atoms with Crippen molar-refractivity contribution in [3.05, 3.63) is 0 Å². The van der Waals surface area contributed by atoms with Gasteiger partial charge in [-0.2, -0.15) is 0 Å². The summed E-state index contributed by atoms with van der Waals surface area (Å²) in [4.78, 5) is 2.49. The van der Waals surface area contributed by atoms with Gasteiger partial charge in [-0.25, -0.2) is 0 Å². The number of likely N-dealkylation sites (tertiary alicyclic amines) is 1. The van der Waals surface area contributed by atoms with Crippen LogP contribution in [0.2, 0.25) is 0 Å². The number of nitrogens with zero attached hydrogens (tertiary/aromatic N) is 1. The fourth-order valence-corrected chi connectivity index (χ4v) is 2.13. The van der Waals surface area contributed by atoms with E-state index in [1.165, 1.54) is 32.5 Å². The molecule has 2 aliphatic rings. The van der Waals surface area contributed by atoms with E-state index in [0.717, 1.165) is 12.0 Å². The fraction of sp³-hybridized carbons (Fsp3) is 1.00. The highest BCUT2D eigenvalue weighted by Crippen LogP contribution is 2.23. The van der Waals surface area contributed by atoms with Gasteiger partial charge < -0.3 is 10.2 Å². The molecule has 2 bridgehead atoms. The summed E-state index contributed by atoms with van der Waals surface area (Å²) in [6.45, 7) is 3.80. The Balaban J connectivity index is 2.00. The van der Waals surface area contributed by atoms with E-state index < -0.39 is 0 Å². The summed E-state index contributed by atoms with van der Waals surface area (Å²) in [7, 11) is 2.24. The van der Waals surface area contributed by atoms with Crippen molar-refractivity contribution in [2.24, 2.45) is 5.92 Å². The molecule has 2 fully saturated rings. The van der Waals surface area contributed by atoms with Crippen molar-refractivity contribution in [2.45, 2.75) is 18.9 Å². The highest BCUT2D eigenvalue weighted by molar-refractivity contribution is 4.86. The van der Waals surface area contributed by atoms with Gasteiger partial charge in [0.1, 0.15) is 0 Å². The molecule has 2 nitrogen and oxygen atoms in total. The maximum Gasteiger partial charge on any atom is 0.0220 e. The van der Waals surface area contributed by atoms with Crippen molar-refractivity contribution in [3.63, 3.8) is 0 Å². The molecule has 0 aromatic heterocycles. The average Bonchev–Trinajstić information content (AvgIpc) is 1.99. The van der Waals surface area contributed by atoms with E-state index in [4.69, 9.17) is 0 Å². The molecule has 0 aromatic rings. The first-order chi connectivity index (χ1) is 4.86. The van der Waals surface area contributed by atoms with Crippen LogP contribution in [0.15, 0.2) is 0 Å². The number of nitrogens with one attached hydrogen (secondary N) is 1. The van der Waals surface area contributed by atoms with Gasteiger partial charge in [0.05, 0.1) is 0 Å². The zero-order chi connectivity index (χ0) is 6.97. The van der Waals surface area contributed by atoms with E-state index in [9.17, 15) is 0 Å². The van der Waals surface area contributed by atoms with Crippen LogP contribution >= 0.6 is 0 Å². The van der Waals surface area contributed by atoms with Crippen molar-refractivity contribution in [1.29, 1.82) is 0 Å². The lowest BCUT2D eigenvalue weighted by molar-refractivity contribution is 0.110. The van der Waals surface area contributed by atoms with Gasteiger partial charge in [-0.1, -0.05) is 0 Å². The molecule has 1 N–H and O–H groups in total. The van der Waals surface area contributed by atoms with Crippen LogP contribution in [-0.4, -0.2) is 37.6 Å². The minimum Gasteiger partial charge on any atom is -0.315 e. The fourth-order valence-electron chi connectivity index (χ4n) is 2.13. The Morgan fingerprint density at radius 2 is 2.30 bits per heavy atom. The van der Waals surface area contributed by atoms with Crippen LogP contribution in [0.3, 0.4) is 0 Å². The third-order valence-electron chi connectivity index (χ3n) is 2.93. The Labute approximate surface area is 62.6 Å². The van der Waals surface area contributed by atoms with Crippen LogP contribution in [0.5, 0.6) is 0 Å². The zero-order valence-corrected chi connectivity index (χ0v) is 6.64. The third-order valence-corrected chi connectivity index (χ3v) is 2.93. The summed E-state index contributed by atoms with van der Waals surface area (Å²) < 4.78 is 0. The summed E-state index contributed by atoms with van der Waals surface area (Å²) in [6, 6.07) is 0.840. The first-order valence-corrected chi connectivity index (χ1v) is 4.27. The van der Waals surface area contributed by atoms with E-state index in [2.05, 4.69) is 17.3 Å². The summed E-state index contributed by atoms with van der Waals surface area (Å²) in [5.74, 6) is 0.981. The molecule has 0 spiro atoms. The Morgan fingerprint density at radius 1 is 1.40 bits per heavy atom. The van der Waals surface area contributed by atoms with Gasteiger partial charge in [0.15, 0.2) is 0 Å². The number of fused-ring (bicyclic) bond motifs is 2. The molecule has 2 atom stereocenters. The first-order valence-electron chi connectivity index (χ1n) is 4.27. The van der Waals surface area contributed by atoms with Gasteiger partial charge in [0.2, 0.25) is 0 Å². The van der Waals surface area contributed by atoms with Crippen LogP contribution in [0.25, 0.3) is 0 Å². The predicted molar refractivity (Wildman–Crippen MR) is 42.0 cm³/mol. The number of hydrogen-bond acceptors (Lipinski definition) is 2. The molecular weight excluding hydrogens is 124 g/mol. The SMILES string of the molecule is CN1CC[C@@H]2CNC[C@H]1C2. The van der Waals surface area contributed by atoms with E-state index >= 15 is 0 Å². The van der Waals surface area contributed by atoms with Gasteiger partial charge in [-0.05, 0) is 38.9 Å². The maximum atomic E-state index is 3.48. The molecule has 0 radical (unpaired) electrons. The van der Waals surface area contributed by atoms with Crippen molar-refractivity contribution >= 4 is 0 Å². The summed E-state index contributed by atoms with van der Waals surface area (Å²) in [5, 5.41) is 3.48. The second-order valence-corrected chi connectivity index (χ2v) is 3.68. The lowest BCUT2D eigenvalue weighted by Crippen LogP contribution is -2.52. The molecule has 2 rings (SSSR count). The monoisotopic (exact) mass is 140 g/mol. The Kier molecular flexibility index (Phi) is 1.66. The summed E-state index contributed by atoms with van der Waals surface area (Å²) >= 11 is 0. The molecular formula is C8H16N2. The molecule has 58 valence electrons. The second kappa shape index (κ2) is 2.51. The normalized spacial score (nSPS) is 41.7. The summed E-state index contributed by atoms with van der Waals surface area (Å²) in [6.07, 6.45) is 2.84. The Bertz CT molecular complexity index is 122. The minimum absolute atomic E-state index is 0.840. The molecule has 2 heteroatoms. The number of rotatable bonds is 0. The van der Waals surface area contributed by atoms with Crippen molar-refractivity contribution in [1.82, 2.24) is 10.2 Å². The molecule has 10 heavy (non-hydrogen) atoms. The quantitative estimate of drug-likeness (QED) is 0.520. The van der Waals surface area contributed by atoms with Crippen LogP contribution < -0.4 is 5.32 Å². The smallest absolute Gasteiger partial charge is 0.0220 e. The third kappa shape index (κ3) is 1.06. The van der Waals surface area contributed by atoms with Gasteiger partial charge >= 0.3 is 0 Å². The molecule has 0 aliphatic carbocycles. The lowest BCUT2D eigenvalue weighted by Gasteiger charge is -2.41. The second-order valence-electron chi connectivity index (χ2n) is 3.68. The van der Waals surface area contributed by atoms with E-state index in [1.807, 2.05) is 0 Å². The molecule has 2 saturated heterocycles. The Morgan fingerprint density at radius 3 is 3.10 bits per heavy atom. The van der Waals surface area contributed by atoms with Gasteiger partial charge in [-0.15, -0.1) is 0 Å². The largest absolute Gasteiger partial charge is 0.315 e. The number of hydrogen-bond donors (Lipinski definition) is 1. The van der Waals surface area contributed by atoms with Gasteiger partial charge in [-0.3, -0.25) is 0 Å². The van der Waals surface area contributed by atoms with Crippen LogP contribution in [0.1, 0.15) is 12.8 Å². The van der Waals surface area contributed by atoms with E-state index in [-0.39, 0.29) is 0 Å². The van der Waals surface area contributed by atoms with Crippen molar-refractivity contribution < 1.29 is 0 Å². The van der Waals surface area contributed by atoms with Crippen molar-refractivity contribution in [2.75, 3.05) is 26.7 Å². The van der Waals surface area contributed by atoms with Crippen molar-refractivity contribution in [3.8, 4) is 0 Å². The molecule has 0 saturated carbocycles. The topological polar surface area (TPSA) is 15.3 Å². The lowest BCUT2D eigenvalue weighted by atomic mass is 9.88. The Hall–Kier alpha value is -0.0800. The predicted octanol–water partition coefficient (Wildman–Crippen LogP) is 0.300. The summed E-state index contributed by atoms with van der Waals surface area (Å²) in [5.41, 5.74) is 0. The minimum atomic E-state index is 0.840. The molecule has 0 amide bonds. The van der Waals surface area contributed by atoms with E-state index in [0.29, 0.717) is 0 Å². The van der Waals surface area contributed by atoms with Gasteiger partial charge in [0.25, 0.3) is 0 Å². The zero-order valence-electron chi connectivity index (χ0n) is 6.64. The first kappa shape index (κ1) is 6.62.